The van der Waals surface area contributed by atoms with Gasteiger partial charge in [0, 0.05) is 32.8 Å². The number of hydrogen-bond donors (Lipinski definition) is 0. The Morgan fingerprint density at radius 1 is 0.352 bits per heavy atom. The van der Waals surface area contributed by atoms with Gasteiger partial charge in [0.2, 0.25) is 0 Å². The highest BCUT2D eigenvalue weighted by molar-refractivity contribution is 6.10. The van der Waals surface area contributed by atoms with Crippen LogP contribution in [0.25, 0.3) is 89.4 Å². The zero-order chi connectivity index (χ0) is 36.2. The molecule has 0 radical (unpaired) electrons. The quantitative estimate of drug-likeness (QED) is 0.154. The molecule has 0 saturated carbocycles. The number of para-hydroxylation sites is 3. The predicted octanol–water partition coefficient (Wildman–Crippen LogP) is 14.0. The van der Waals surface area contributed by atoms with Crippen LogP contribution in [-0.4, -0.2) is 9.13 Å². The fraction of sp³-hybridized carbons (Fsp3) is 0.0385. The number of aromatic nitrogens is 2. The van der Waals surface area contributed by atoms with Crippen LogP contribution in [0.3, 0.4) is 0 Å². The zero-order valence-electron chi connectivity index (χ0n) is 30.4. The van der Waals surface area contributed by atoms with Crippen molar-refractivity contribution in [2.75, 3.05) is 0 Å². The first-order chi connectivity index (χ1) is 26.6. The van der Waals surface area contributed by atoms with E-state index >= 15 is 0 Å². The minimum Gasteiger partial charge on any atom is -0.309 e. The van der Waals surface area contributed by atoms with E-state index in [1.54, 1.807) is 0 Å². The summed E-state index contributed by atoms with van der Waals surface area (Å²) in [7, 11) is 0. The summed E-state index contributed by atoms with van der Waals surface area (Å²) >= 11 is 0. The summed E-state index contributed by atoms with van der Waals surface area (Å²) in [5.74, 6) is 0. The first-order valence-electron chi connectivity index (χ1n) is 18.7. The Kier molecular flexibility index (Phi) is 7.63. The van der Waals surface area contributed by atoms with E-state index in [0.29, 0.717) is 0 Å². The summed E-state index contributed by atoms with van der Waals surface area (Å²) in [4.78, 5) is 0. The maximum Gasteiger partial charge on any atom is 0.0541 e. The molecule has 8 aromatic carbocycles. The highest BCUT2D eigenvalue weighted by Gasteiger charge is 2.15. The van der Waals surface area contributed by atoms with Gasteiger partial charge in [0.25, 0.3) is 0 Å². The van der Waals surface area contributed by atoms with Gasteiger partial charge in [0.15, 0.2) is 0 Å². The number of benzene rings is 8. The van der Waals surface area contributed by atoms with Gasteiger partial charge in [-0.25, -0.2) is 0 Å². The largest absolute Gasteiger partial charge is 0.309 e. The lowest BCUT2D eigenvalue weighted by Crippen LogP contribution is -1.96. The molecule has 2 aromatic heterocycles. The monoisotopic (exact) mass is 690 g/mol. The smallest absolute Gasteiger partial charge is 0.0541 e. The summed E-state index contributed by atoms with van der Waals surface area (Å²) in [5.41, 5.74) is 17.0. The Labute approximate surface area is 315 Å². The molecule has 2 heterocycles. The highest BCUT2D eigenvalue weighted by atomic mass is 15.0. The first-order valence-corrected chi connectivity index (χ1v) is 18.7. The van der Waals surface area contributed by atoms with Crippen molar-refractivity contribution in [2.24, 2.45) is 0 Å². The lowest BCUT2D eigenvalue weighted by Gasteiger charge is -2.14. The van der Waals surface area contributed by atoms with Gasteiger partial charge < -0.3 is 9.13 Å². The van der Waals surface area contributed by atoms with Gasteiger partial charge in [0.1, 0.15) is 0 Å². The average Bonchev–Trinajstić information content (AvgIpc) is 3.72. The minimum absolute atomic E-state index is 1.17. The van der Waals surface area contributed by atoms with Gasteiger partial charge in [-0.05, 0) is 96.3 Å². The van der Waals surface area contributed by atoms with Gasteiger partial charge in [-0.3, -0.25) is 0 Å². The second kappa shape index (κ2) is 12.9. The number of nitrogens with zero attached hydrogens (tertiary/aromatic N) is 2. The molecular formula is C52H38N2. The summed E-state index contributed by atoms with van der Waals surface area (Å²) < 4.78 is 4.79. The van der Waals surface area contributed by atoms with Crippen LogP contribution < -0.4 is 0 Å². The zero-order valence-corrected chi connectivity index (χ0v) is 30.4. The van der Waals surface area contributed by atoms with Gasteiger partial charge in [0.05, 0.1) is 27.8 Å². The van der Waals surface area contributed by atoms with E-state index in [2.05, 4.69) is 217 Å². The molecule has 0 unspecified atom stereocenters. The molecule has 0 amide bonds. The minimum atomic E-state index is 1.17. The van der Waals surface area contributed by atoms with Crippen molar-refractivity contribution < 1.29 is 0 Å². The molecule has 0 aliphatic heterocycles. The normalized spacial score (nSPS) is 11.8. The Morgan fingerprint density at radius 3 is 1.35 bits per heavy atom. The van der Waals surface area contributed by atoms with Crippen LogP contribution in [-0.2, 0) is 0 Å². The predicted molar refractivity (Wildman–Crippen MR) is 231 cm³/mol. The third-order valence-corrected chi connectivity index (χ3v) is 10.9. The van der Waals surface area contributed by atoms with Crippen LogP contribution in [0.5, 0.6) is 0 Å². The maximum absolute atomic E-state index is 2.40. The van der Waals surface area contributed by atoms with Gasteiger partial charge >= 0.3 is 0 Å². The molecule has 0 bridgehead atoms. The van der Waals surface area contributed by atoms with E-state index in [9.17, 15) is 0 Å². The molecule has 0 saturated heterocycles. The molecule has 256 valence electrons. The second-order valence-electron chi connectivity index (χ2n) is 14.4. The molecule has 0 atom stereocenters. The van der Waals surface area contributed by atoms with Crippen molar-refractivity contribution in [3.63, 3.8) is 0 Å². The second-order valence-corrected chi connectivity index (χ2v) is 14.4. The Bertz CT molecular complexity index is 2910. The van der Waals surface area contributed by atoms with E-state index in [1.807, 2.05) is 0 Å². The van der Waals surface area contributed by atoms with E-state index in [1.165, 1.54) is 99.5 Å². The van der Waals surface area contributed by atoms with Crippen LogP contribution in [0.4, 0.5) is 0 Å². The van der Waals surface area contributed by atoms with Crippen LogP contribution in [0, 0.1) is 13.8 Å². The molecule has 0 spiro atoms. The van der Waals surface area contributed by atoms with Crippen molar-refractivity contribution in [1.82, 2.24) is 9.13 Å². The van der Waals surface area contributed by atoms with Crippen LogP contribution in [0.15, 0.2) is 182 Å². The SMILES string of the molecule is Cc1ccc2c(c1)c1cc(C)ccc1n2-c1ccc(-c2ccc(/C=C/c3ccc(-c4ccccc4-n4c5ccccc5c5ccccc54)cc3)cc2)cc1. The third kappa shape index (κ3) is 5.43. The molecule has 0 aliphatic rings. The molecular weight excluding hydrogens is 653 g/mol. The fourth-order valence-corrected chi connectivity index (χ4v) is 8.18. The van der Waals surface area contributed by atoms with E-state index in [-0.39, 0.29) is 0 Å². The van der Waals surface area contributed by atoms with E-state index in [4.69, 9.17) is 0 Å². The van der Waals surface area contributed by atoms with Crippen molar-refractivity contribution in [3.05, 3.63) is 204 Å². The fourth-order valence-electron chi connectivity index (χ4n) is 8.18. The molecule has 0 aliphatic carbocycles. The average molecular weight is 691 g/mol. The highest BCUT2D eigenvalue weighted by Crippen LogP contribution is 2.37. The Morgan fingerprint density at radius 2 is 0.796 bits per heavy atom. The standard InChI is InChI=1S/C52H38N2/c1-35-15-31-51-46(33-35)47-34-36(2)16-32-52(47)53(51)42-29-27-40(28-30-42)39-23-19-37(20-24-39)17-18-38-21-25-41(26-22-38)43-9-3-6-12-48(43)54-49-13-7-4-10-44(49)45-11-5-8-14-50(45)54/h3-34H,1-2H3/b18-17+. The molecule has 0 fully saturated rings. The van der Waals surface area contributed by atoms with Crippen molar-refractivity contribution in [2.45, 2.75) is 13.8 Å². The Balaban J connectivity index is 0.892. The molecule has 0 N–H and O–H groups in total. The maximum atomic E-state index is 2.40. The van der Waals surface area contributed by atoms with E-state index in [0.717, 1.165) is 0 Å². The van der Waals surface area contributed by atoms with Crippen LogP contribution >= 0.6 is 0 Å². The first kappa shape index (κ1) is 31.8. The Hall–Kier alpha value is -6.90. The number of hydrogen-bond acceptors (Lipinski definition) is 0. The van der Waals surface area contributed by atoms with Crippen molar-refractivity contribution in [3.8, 4) is 33.6 Å². The van der Waals surface area contributed by atoms with Crippen LogP contribution in [0.2, 0.25) is 0 Å². The molecule has 10 rings (SSSR count). The summed E-state index contributed by atoms with van der Waals surface area (Å²) in [6.45, 7) is 4.33. The van der Waals surface area contributed by atoms with Gasteiger partial charge in [-0.15, -0.1) is 0 Å². The molecule has 2 nitrogen and oxygen atoms in total. The number of fused-ring (bicyclic) bond motifs is 6. The third-order valence-electron chi connectivity index (χ3n) is 10.9. The van der Waals surface area contributed by atoms with Gasteiger partial charge in [-0.2, -0.15) is 0 Å². The summed E-state index contributed by atoms with van der Waals surface area (Å²) in [6.07, 6.45) is 4.39. The molecule has 54 heavy (non-hydrogen) atoms. The topological polar surface area (TPSA) is 9.86 Å². The number of aryl methyl sites for hydroxylation is 2. The molecule has 10 aromatic rings. The summed E-state index contributed by atoms with van der Waals surface area (Å²) in [5, 5.41) is 5.15. The lowest BCUT2D eigenvalue weighted by molar-refractivity contribution is 1.18. The van der Waals surface area contributed by atoms with Gasteiger partial charge in [-0.1, -0.05) is 151 Å². The summed E-state index contributed by atoms with van der Waals surface area (Å²) in [6, 6.07) is 66.3. The lowest BCUT2D eigenvalue weighted by atomic mass is 10.0. The van der Waals surface area contributed by atoms with Crippen LogP contribution in [0.1, 0.15) is 22.3 Å². The number of rotatable bonds is 6. The van der Waals surface area contributed by atoms with E-state index < -0.39 is 0 Å². The van der Waals surface area contributed by atoms with Crippen molar-refractivity contribution >= 4 is 55.8 Å². The van der Waals surface area contributed by atoms with Crippen molar-refractivity contribution in [1.29, 1.82) is 0 Å². The molecule has 2 heteroatoms.